The third-order valence-corrected chi connectivity index (χ3v) is 3.47. The molecule has 0 saturated heterocycles. The smallest absolute Gasteiger partial charge is 0.416 e. The summed E-state index contributed by atoms with van der Waals surface area (Å²) in [6.45, 7) is 1.57. The number of halogens is 3. The zero-order chi connectivity index (χ0) is 15.9. The molecule has 0 aliphatic carbocycles. The van der Waals surface area contributed by atoms with Crippen LogP contribution in [0.1, 0.15) is 11.3 Å². The molecule has 0 N–H and O–H groups in total. The van der Waals surface area contributed by atoms with Gasteiger partial charge in [0.1, 0.15) is 5.69 Å². The number of rotatable bonds is 1. The molecule has 1 aromatic heterocycles. The molecular formula is C16H11F3N2O. The molecule has 3 rings (SSSR count). The molecule has 0 saturated carbocycles. The zero-order valence-electron chi connectivity index (χ0n) is 11.6. The summed E-state index contributed by atoms with van der Waals surface area (Å²) >= 11 is 0. The van der Waals surface area contributed by atoms with Crippen LogP contribution in [-0.2, 0) is 6.18 Å². The van der Waals surface area contributed by atoms with Gasteiger partial charge in [0.05, 0.1) is 16.5 Å². The fraction of sp³-hybridized carbons (Fsp3) is 0.125. The van der Waals surface area contributed by atoms with Crippen LogP contribution < -0.4 is 4.73 Å². The molecule has 0 radical (unpaired) electrons. The van der Waals surface area contributed by atoms with E-state index in [1.807, 2.05) is 0 Å². The van der Waals surface area contributed by atoms with Gasteiger partial charge in [-0.3, -0.25) is 0 Å². The predicted octanol–water partition coefficient (Wildman–Crippen LogP) is 3.86. The molecule has 112 valence electrons. The molecule has 6 heteroatoms. The van der Waals surface area contributed by atoms with Crippen molar-refractivity contribution >= 4 is 10.9 Å². The summed E-state index contributed by atoms with van der Waals surface area (Å²) in [6, 6.07) is 11.8. The summed E-state index contributed by atoms with van der Waals surface area (Å²) in [6.07, 6.45) is -4.44. The van der Waals surface area contributed by atoms with E-state index in [1.165, 1.54) is 6.07 Å². The van der Waals surface area contributed by atoms with E-state index in [2.05, 4.69) is 4.98 Å². The molecule has 0 aliphatic heterocycles. The lowest BCUT2D eigenvalue weighted by Crippen LogP contribution is -2.34. The Morgan fingerprint density at radius 3 is 2.36 bits per heavy atom. The van der Waals surface area contributed by atoms with Crippen LogP contribution >= 0.6 is 0 Å². The maximum absolute atomic E-state index is 12.8. The van der Waals surface area contributed by atoms with Gasteiger partial charge in [-0.2, -0.15) is 13.2 Å². The lowest BCUT2D eigenvalue weighted by Gasteiger charge is -2.12. The Hall–Kier alpha value is -2.63. The van der Waals surface area contributed by atoms with E-state index in [4.69, 9.17) is 0 Å². The SMILES string of the molecule is Cc1c2ccc(C(F)(F)F)cc2nc(-c2ccccc2)[n+]1[O-]. The van der Waals surface area contributed by atoms with E-state index in [0.717, 1.165) is 12.1 Å². The first kappa shape index (κ1) is 14.3. The molecule has 0 atom stereocenters. The second kappa shape index (κ2) is 4.98. The summed E-state index contributed by atoms with van der Waals surface area (Å²) in [5.41, 5.74) is 0.241. The van der Waals surface area contributed by atoms with Gasteiger partial charge >= 0.3 is 12.0 Å². The van der Waals surface area contributed by atoms with Crippen LogP contribution in [0, 0.1) is 12.1 Å². The Morgan fingerprint density at radius 1 is 1.05 bits per heavy atom. The normalized spacial score (nSPS) is 11.8. The summed E-state index contributed by atoms with van der Waals surface area (Å²) in [5, 5.41) is 12.7. The topological polar surface area (TPSA) is 39.8 Å². The number of fused-ring (bicyclic) bond motifs is 1. The number of aryl methyl sites for hydroxylation is 1. The van der Waals surface area contributed by atoms with Crippen molar-refractivity contribution in [2.24, 2.45) is 0 Å². The van der Waals surface area contributed by atoms with Gasteiger partial charge in [0.25, 0.3) is 0 Å². The van der Waals surface area contributed by atoms with Gasteiger partial charge in [0.15, 0.2) is 5.52 Å². The maximum Gasteiger partial charge on any atom is 0.416 e. The number of hydrogen-bond acceptors (Lipinski definition) is 2. The minimum absolute atomic E-state index is 0.0879. The minimum atomic E-state index is -4.44. The fourth-order valence-corrected chi connectivity index (χ4v) is 2.30. The van der Waals surface area contributed by atoms with Crippen molar-refractivity contribution in [3.63, 3.8) is 0 Å². The largest absolute Gasteiger partial charge is 0.710 e. The standard InChI is InChI=1S/C16H11F3N2O/c1-10-13-8-7-12(16(17,18)19)9-14(13)20-15(21(10)22)11-5-3-2-4-6-11/h2-9H,1H3. The van der Waals surface area contributed by atoms with Crippen molar-refractivity contribution in [2.45, 2.75) is 13.1 Å². The van der Waals surface area contributed by atoms with Crippen LogP contribution in [-0.4, -0.2) is 4.98 Å². The van der Waals surface area contributed by atoms with Crippen LogP contribution in [0.2, 0.25) is 0 Å². The van der Waals surface area contributed by atoms with Gasteiger partial charge < -0.3 is 5.21 Å². The number of aromatic nitrogens is 2. The van der Waals surface area contributed by atoms with Crippen LogP contribution in [0.25, 0.3) is 22.3 Å². The second-order valence-corrected chi connectivity index (χ2v) is 4.91. The van der Waals surface area contributed by atoms with E-state index in [-0.39, 0.29) is 11.3 Å². The molecule has 3 aromatic rings. The van der Waals surface area contributed by atoms with Gasteiger partial charge in [-0.15, -0.1) is 0 Å². The van der Waals surface area contributed by atoms with Crippen LogP contribution in [0.3, 0.4) is 0 Å². The number of hydrogen-bond donors (Lipinski definition) is 0. The van der Waals surface area contributed by atoms with E-state index in [1.54, 1.807) is 37.3 Å². The molecule has 0 spiro atoms. The lowest BCUT2D eigenvalue weighted by molar-refractivity contribution is -0.601. The summed E-state index contributed by atoms with van der Waals surface area (Å²) < 4.78 is 39.1. The van der Waals surface area contributed by atoms with Crippen LogP contribution in [0.4, 0.5) is 13.2 Å². The number of alkyl halides is 3. The Balaban J connectivity index is 2.29. The van der Waals surface area contributed by atoms with Crippen molar-refractivity contribution in [1.29, 1.82) is 0 Å². The second-order valence-electron chi connectivity index (χ2n) is 4.91. The number of nitrogens with zero attached hydrogens (tertiary/aromatic N) is 2. The van der Waals surface area contributed by atoms with Crippen molar-refractivity contribution in [2.75, 3.05) is 0 Å². The van der Waals surface area contributed by atoms with Gasteiger partial charge in [-0.25, -0.2) is 4.73 Å². The molecule has 0 unspecified atom stereocenters. The van der Waals surface area contributed by atoms with Crippen LogP contribution in [0.15, 0.2) is 48.5 Å². The minimum Gasteiger partial charge on any atom is -0.710 e. The Bertz CT molecular complexity index is 845. The molecule has 2 aromatic carbocycles. The highest BCUT2D eigenvalue weighted by molar-refractivity contribution is 5.82. The average molecular weight is 304 g/mol. The average Bonchev–Trinajstić information content (AvgIpc) is 2.50. The Kier molecular flexibility index (Phi) is 3.24. The molecule has 22 heavy (non-hydrogen) atoms. The van der Waals surface area contributed by atoms with Crippen molar-refractivity contribution < 1.29 is 17.9 Å². The molecule has 0 amide bonds. The molecular weight excluding hydrogens is 293 g/mol. The fourth-order valence-electron chi connectivity index (χ4n) is 2.30. The van der Waals surface area contributed by atoms with Gasteiger partial charge in [0, 0.05) is 6.07 Å². The van der Waals surface area contributed by atoms with Crippen molar-refractivity contribution in [3.05, 3.63) is 65.0 Å². The Morgan fingerprint density at radius 2 is 1.73 bits per heavy atom. The van der Waals surface area contributed by atoms with Gasteiger partial charge in [-0.05, 0) is 36.2 Å². The highest BCUT2D eigenvalue weighted by atomic mass is 19.4. The van der Waals surface area contributed by atoms with E-state index < -0.39 is 11.7 Å². The first-order valence-electron chi connectivity index (χ1n) is 6.54. The summed E-state index contributed by atoms with van der Waals surface area (Å²) in [4.78, 5) is 4.13. The molecule has 3 nitrogen and oxygen atoms in total. The third-order valence-electron chi connectivity index (χ3n) is 3.47. The third kappa shape index (κ3) is 2.36. The van der Waals surface area contributed by atoms with E-state index in [9.17, 15) is 18.4 Å². The molecule has 0 aliphatic rings. The first-order valence-corrected chi connectivity index (χ1v) is 6.54. The van der Waals surface area contributed by atoms with E-state index in [0.29, 0.717) is 21.4 Å². The monoisotopic (exact) mass is 304 g/mol. The van der Waals surface area contributed by atoms with E-state index >= 15 is 0 Å². The Labute approximate surface area is 124 Å². The number of benzene rings is 2. The quantitative estimate of drug-likeness (QED) is 0.506. The summed E-state index contributed by atoms with van der Waals surface area (Å²) in [7, 11) is 0. The highest BCUT2D eigenvalue weighted by Gasteiger charge is 2.31. The molecule has 0 fully saturated rings. The van der Waals surface area contributed by atoms with Crippen molar-refractivity contribution in [1.82, 2.24) is 4.98 Å². The molecule has 1 heterocycles. The first-order chi connectivity index (χ1) is 10.4. The van der Waals surface area contributed by atoms with Gasteiger partial charge in [-0.1, -0.05) is 18.2 Å². The lowest BCUT2D eigenvalue weighted by atomic mass is 10.1. The predicted molar refractivity (Wildman–Crippen MR) is 75.9 cm³/mol. The maximum atomic E-state index is 12.8. The zero-order valence-corrected chi connectivity index (χ0v) is 11.6. The molecule has 0 bridgehead atoms. The summed E-state index contributed by atoms with van der Waals surface area (Å²) in [5.74, 6) is 0.0879. The highest BCUT2D eigenvalue weighted by Crippen LogP contribution is 2.31. The van der Waals surface area contributed by atoms with Crippen LogP contribution in [0.5, 0.6) is 0 Å². The van der Waals surface area contributed by atoms with Gasteiger partial charge in [0.2, 0.25) is 0 Å². The van der Waals surface area contributed by atoms with Crippen molar-refractivity contribution in [3.8, 4) is 11.4 Å².